The fourth-order valence-electron chi connectivity index (χ4n) is 11.1. The van der Waals surface area contributed by atoms with E-state index in [1.807, 2.05) is 0 Å². The van der Waals surface area contributed by atoms with Crippen molar-refractivity contribution in [3.05, 3.63) is 24.3 Å². The maximum Gasteiger partial charge on any atom is 0.305 e. The van der Waals surface area contributed by atoms with Crippen LogP contribution in [0.15, 0.2) is 24.3 Å². The maximum absolute atomic E-state index is 12.5. The first kappa shape index (κ1) is 75.3. The predicted octanol–water partition coefficient (Wildman–Crippen LogP) is 22.5. The summed E-state index contributed by atoms with van der Waals surface area (Å²) in [6, 6.07) is -0.542. The van der Waals surface area contributed by atoms with Crippen molar-refractivity contribution in [1.82, 2.24) is 5.32 Å². The second-order valence-corrected chi connectivity index (χ2v) is 24.2. The lowest BCUT2D eigenvalue weighted by Crippen LogP contribution is -2.45. The number of hydrogen-bond donors (Lipinski definition) is 3. The number of nitrogens with one attached hydrogen (secondary N) is 1. The van der Waals surface area contributed by atoms with E-state index in [4.69, 9.17) is 4.74 Å². The zero-order chi connectivity index (χ0) is 55.7. The van der Waals surface area contributed by atoms with E-state index in [1.54, 1.807) is 0 Å². The number of carbonyl (C=O) groups is 2. The molecule has 3 N–H and O–H groups in total. The van der Waals surface area contributed by atoms with Gasteiger partial charge in [-0.3, -0.25) is 9.59 Å². The Labute approximate surface area is 481 Å². The van der Waals surface area contributed by atoms with Crippen LogP contribution < -0.4 is 5.32 Å². The van der Waals surface area contributed by atoms with Gasteiger partial charge in [0.1, 0.15) is 0 Å². The first-order chi connectivity index (χ1) is 38.0. The van der Waals surface area contributed by atoms with Crippen molar-refractivity contribution in [1.29, 1.82) is 0 Å². The Morgan fingerprint density at radius 2 is 0.649 bits per heavy atom. The van der Waals surface area contributed by atoms with Crippen LogP contribution in [0.5, 0.6) is 0 Å². The van der Waals surface area contributed by atoms with Crippen molar-refractivity contribution in [2.24, 2.45) is 0 Å². The molecule has 0 radical (unpaired) electrons. The molecule has 0 fully saturated rings. The Bertz CT molecular complexity index is 1200. The Morgan fingerprint density at radius 3 is 0.987 bits per heavy atom. The first-order valence-corrected chi connectivity index (χ1v) is 35.1. The Morgan fingerprint density at radius 1 is 0.364 bits per heavy atom. The van der Waals surface area contributed by atoms with Crippen LogP contribution in [0.25, 0.3) is 0 Å². The number of allylic oxidation sites excluding steroid dienone is 4. The first-order valence-electron chi connectivity index (χ1n) is 35.1. The fourth-order valence-corrected chi connectivity index (χ4v) is 11.1. The van der Waals surface area contributed by atoms with Crippen LogP contribution in [-0.4, -0.2) is 47.4 Å². The average molecular weight is 1080 g/mol. The summed E-state index contributed by atoms with van der Waals surface area (Å²) in [6.07, 6.45) is 83.7. The summed E-state index contributed by atoms with van der Waals surface area (Å²) >= 11 is 0. The quantitative estimate of drug-likeness (QED) is 0.0320. The van der Waals surface area contributed by atoms with E-state index in [0.29, 0.717) is 25.9 Å². The minimum Gasteiger partial charge on any atom is -0.466 e. The molecule has 456 valence electrons. The van der Waals surface area contributed by atoms with Crippen LogP contribution in [0.4, 0.5) is 0 Å². The minimum atomic E-state index is -0.665. The van der Waals surface area contributed by atoms with Gasteiger partial charge in [-0.05, 0) is 57.8 Å². The van der Waals surface area contributed by atoms with Gasteiger partial charge in [0.05, 0.1) is 25.4 Å². The highest BCUT2D eigenvalue weighted by molar-refractivity contribution is 5.76. The predicted molar refractivity (Wildman–Crippen MR) is 338 cm³/mol. The molecule has 0 aromatic rings. The molecule has 0 aromatic heterocycles. The fraction of sp³-hybridized carbons (Fsp3) is 0.915. The van der Waals surface area contributed by atoms with Crippen molar-refractivity contribution in [2.45, 2.75) is 405 Å². The molecule has 6 heteroatoms. The normalized spacial score (nSPS) is 12.6. The lowest BCUT2D eigenvalue weighted by molar-refractivity contribution is -0.143. The van der Waals surface area contributed by atoms with E-state index in [9.17, 15) is 19.8 Å². The molecule has 2 unspecified atom stereocenters. The summed E-state index contributed by atoms with van der Waals surface area (Å²) in [5.41, 5.74) is 0. The molecule has 2 atom stereocenters. The third kappa shape index (κ3) is 63.4. The third-order valence-electron chi connectivity index (χ3n) is 16.5. The summed E-state index contributed by atoms with van der Waals surface area (Å²) in [5.74, 6) is -0.0173. The number of hydrogen-bond acceptors (Lipinski definition) is 5. The van der Waals surface area contributed by atoms with Gasteiger partial charge in [-0.2, -0.15) is 0 Å². The molecule has 0 aromatic carbocycles. The van der Waals surface area contributed by atoms with E-state index >= 15 is 0 Å². The summed E-state index contributed by atoms with van der Waals surface area (Å²) in [7, 11) is 0. The number of aliphatic hydroxyl groups excluding tert-OH is 2. The van der Waals surface area contributed by atoms with E-state index in [1.165, 1.54) is 315 Å². The van der Waals surface area contributed by atoms with Gasteiger partial charge in [0.15, 0.2) is 0 Å². The molecule has 0 saturated heterocycles. The van der Waals surface area contributed by atoms with E-state index < -0.39 is 12.1 Å². The summed E-state index contributed by atoms with van der Waals surface area (Å²) < 4.78 is 5.49. The number of unbranched alkanes of at least 4 members (excludes halogenated alkanes) is 51. The van der Waals surface area contributed by atoms with Gasteiger partial charge in [-0.25, -0.2) is 0 Å². The Balaban J connectivity index is 3.39. The molecule has 77 heavy (non-hydrogen) atoms. The number of rotatable bonds is 66. The molecule has 0 aliphatic rings. The molecule has 6 nitrogen and oxygen atoms in total. The number of ether oxygens (including phenoxy) is 1. The topological polar surface area (TPSA) is 95.9 Å². The zero-order valence-electron chi connectivity index (χ0n) is 52.2. The smallest absolute Gasteiger partial charge is 0.305 e. The molecule has 0 aliphatic heterocycles. The van der Waals surface area contributed by atoms with Gasteiger partial charge in [0.25, 0.3) is 0 Å². The van der Waals surface area contributed by atoms with Crippen LogP contribution in [0.1, 0.15) is 393 Å². The summed E-state index contributed by atoms with van der Waals surface area (Å²) in [4.78, 5) is 24.6. The standard InChI is InChI=1S/C71H137NO5/c1-3-5-7-9-11-13-15-17-19-36-39-43-47-51-55-59-63-69(74)68(67-73)72-70(75)64-60-56-52-48-44-40-37-33-31-29-27-25-23-21-20-22-24-26-28-30-32-34-38-42-46-50-54-58-62-66-77-71(76)65-61-57-53-49-45-41-35-18-16-14-12-10-8-6-4-2/h20,22,26,28,68-69,73-74H,3-19,21,23-25,27,29-67H2,1-2H3,(H,72,75)/b22-20-,28-26-. The van der Waals surface area contributed by atoms with Crippen molar-refractivity contribution in [2.75, 3.05) is 13.2 Å². The third-order valence-corrected chi connectivity index (χ3v) is 16.5. The van der Waals surface area contributed by atoms with Crippen LogP contribution in [0.2, 0.25) is 0 Å². The second-order valence-electron chi connectivity index (χ2n) is 24.2. The van der Waals surface area contributed by atoms with Gasteiger partial charge >= 0.3 is 5.97 Å². The Kier molecular flexibility index (Phi) is 65.4. The van der Waals surface area contributed by atoms with Crippen LogP contribution in [0.3, 0.4) is 0 Å². The molecular weight excluding hydrogens is 947 g/mol. The molecule has 1 amide bonds. The number of amides is 1. The van der Waals surface area contributed by atoms with Gasteiger partial charge in [0.2, 0.25) is 5.91 Å². The maximum atomic E-state index is 12.5. The molecule has 0 saturated carbocycles. The second kappa shape index (κ2) is 66.8. The lowest BCUT2D eigenvalue weighted by atomic mass is 10.0. The monoisotopic (exact) mass is 1080 g/mol. The van der Waals surface area contributed by atoms with E-state index in [2.05, 4.69) is 43.5 Å². The molecule has 0 aliphatic carbocycles. The summed E-state index contributed by atoms with van der Waals surface area (Å²) in [5, 5.41) is 23.3. The average Bonchev–Trinajstić information content (AvgIpc) is 3.43. The van der Waals surface area contributed by atoms with Gasteiger partial charge < -0.3 is 20.3 Å². The van der Waals surface area contributed by atoms with Crippen molar-refractivity contribution >= 4 is 11.9 Å². The highest BCUT2D eigenvalue weighted by Gasteiger charge is 2.20. The largest absolute Gasteiger partial charge is 0.466 e. The number of carbonyl (C=O) groups excluding carboxylic acids is 2. The van der Waals surface area contributed by atoms with Crippen molar-refractivity contribution in [3.8, 4) is 0 Å². The zero-order valence-corrected chi connectivity index (χ0v) is 52.2. The minimum absolute atomic E-state index is 0.0156. The molecule has 0 rings (SSSR count). The van der Waals surface area contributed by atoms with Crippen LogP contribution in [0, 0.1) is 0 Å². The number of esters is 1. The highest BCUT2D eigenvalue weighted by Crippen LogP contribution is 2.19. The molecule has 0 heterocycles. The Hall–Kier alpha value is -1.66. The molecule has 0 spiro atoms. The van der Waals surface area contributed by atoms with Gasteiger partial charge in [-0.1, -0.05) is 346 Å². The van der Waals surface area contributed by atoms with Gasteiger partial charge in [-0.15, -0.1) is 0 Å². The van der Waals surface area contributed by atoms with Crippen molar-refractivity contribution < 1.29 is 24.5 Å². The van der Waals surface area contributed by atoms with Crippen LogP contribution in [-0.2, 0) is 14.3 Å². The molecular formula is C71H137NO5. The van der Waals surface area contributed by atoms with Crippen molar-refractivity contribution in [3.63, 3.8) is 0 Å². The summed E-state index contributed by atoms with van der Waals surface area (Å²) in [6.45, 7) is 4.99. The molecule has 0 bridgehead atoms. The highest BCUT2D eigenvalue weighted by atomic mass is 16.5. The SMILES string of the molecule is CCCCCCCCCCCCCCCCCCC(O)C(CO)NC(=O)CCCCCCCCCCCCCCC/C=C\C/C=C\CCCCCCCCCCCOC(=O)CCCCCCCCCCCCCCCCC. The van der Waals surface area contributed by atoms with Gasteiger partial charge in [0, 0.05) is 12.8 Å². The van der Waals surface area contributed by atoms with E-state index in [-0.39, 0.29) is 18.5 Å². The number of aliphatic hydroxyl groups is 2. The van der Waals surface area contributed by atoms with Crippen LogP contribution >= 0.6 is 0 Å². The van der Waals surface area contributed by atoms with E-state index in [0.717, 1.165) is 44.9 Å². The lowest BCUT2D eigenvalue weighted by Gasteiger charge is -2.22.